The largest absolute Gasteiger partial charge is 0.480 e. The van der Waals surface area contributed by atoms with Crippen molar-refractivity contribution in [1.29, 1.82) is 0 Å². The summed E-state index contributed by atoms with van der Waals surface area (Å²) in [6.45, 7) is 4.52. The fourth-order valence-electron chi connectivity index (χ4n) is 2.55. The molecule has 20 heavy (non-hydrogen) atoms. The van der Waals surface area contributed by atoms with Gasteiger partial charge in [-0.05, 0) is 24.2 Å². The number of nitrogens with zero attached hydrogens (tertiary/aromatic N) is 1. The van der Waals surface area contributed by atoms with Crippen LogP contribution in [0.15, 0.2) is 0 Å². The van der Waals surface area contributed by atoms with E-state index in [-0.39, 0.29) is 24.4 Å². The summed E-state index contributed by atoms with van der Waals surface area (Å²) in [4.78, 5) is 35.7. The van der Waals surface area contributed by atoms with Crippen LogP contribution in [0, 0.1) is 11.3 Å². The molecule has 1 atom stereocenters. The number of amides is 3. The second-order valence-corrected chi connectivity index (χ2v) is 5.96. The highest BCUT2D eigenvalue weighted by Gasteiger charge is 2.46. The predicted molar refractivity (Wildman–Crippen MR) is 71.0 cm³/mol. The number of hydrogen-bond acceptors (Lipinski definition) is 3. The number of aliphatic carboxylic acids is 1. The molecule has 112 valence electrons. The maximum Gasteiger partial charge on any atom is 0.328 e. The molecule has 1 saturated heterocycles. The van der Waals surface area contributed by atoms with E-state index in [2.05, 4.69) is 24.5 Å². The van der Waals surface area contributed by atoms with Crippen molar-refractivity contribution in [3.8, 4) is 0 Å². The number of nitrogens with one attached hydrogen (secondary N) is 2. The minimum atomic E-state index is -1.11. The summed E-state index contributed by atoms with van der Waals surface area (Å²) in [6.07, 6.45) is 2.15. The van der Waals surface area contributed by atoms with Crippen LogP contribution in [-0.4, -0.2) is 53.6 Å². The lowest BCUT2D eigenvalue weighted by Crippen LogP contribution is -2.61. The molecule has 1 unspecified atom stereocenters. The van der Waals surface area contributed by atoms with Crippen LogP contribution in [-0.2, 0) is 9.59 Å². The van der Waals surface area contributed by atoms with Crippen molar-refractivity contribution in [3.05, 3.63) is 0 Å². The van der Waals surface area contributed by atoms with Crippen molar-refractivity contribution in [2.75, 3.05) is 19.6 Å². The van der Waals surface area contributed by atoms with E-state index in [1.54, 1.807) is 0 Å². The molecule has 1 heterocycles. The Hall–Kier alpha value is -1.79. The number of hydrogen-bond donors (Lipinski definition) is 3. The first kappa shape index (κ1) is 14.6. The summed E-state index contributed by atoms with van der Waals surface area (Å²) >= 11 is 0. The Morgan fingerprint density at radius 2 is 2.15 bits per heavy atom. The molecule has 3 N–H and O–H groups in total. The lowest BCUT2D eigenvalue weighted by Gasteiger charge is -2.33. The second kappa shape index (κ2) is 5.30. The molecule has 0 aromatic carbocycles. The van der Waals surface area contributed by atoms with Gasteiger partial charge >= 0.3 is 12.0 Å². The zero-order valence-electron chi connectivity index (χ0n) is 11.8. The molecular formula is C13H21N3O4. The molecule has 1 aliphatic carbocycles. The Kier molecular flexibility index (Phi) is 3.87. The summed E-state index contributed by atoms with van der Waals surface area (Å²) in [6, 6.07) is -1.47. The first-order valence-corrected chi connectivity index (χ1v) is 6.90. The van der Waals surface area contributed by atoms with E-state index in [9.17, 15) is 14.4 Å². The number of carboxylic acids is 1. The highest BCUT2D eigenvalue weighted by Crippen LogP contribution is 2.51. The van der Waals surface area contributed by atoms with Crippen molar-refractivity contribution in [3.63, 3.8) is 0 Å². The van der Waals surface area contributed by atoms with E-state index >= 15 is 0 Å². The van der Waals surface area contributed by atoms with Gasteiger partial charge in [0, 0.05) is 13.1 Å². The molecule has 2 rings (SSSR count). The minimum Gasteiger partial charge on any atom is -0.480 e. The van der Waals surface area contributed by atoms with Crippen molar-refractivity contribution < 1.29 is 19.5 Å². The lowest BCUT2D eigenvalue weighted by atomic mass is 9.92. The van der Waals surface area contributed by atoms with Crippen LogP contribution in [0.2, 0.25) is 0 Å². The van der Waals surface area contributed by atoms with Crippen LogP contribution >= 0.6 is 0 Å². The summed E-state index contributed by atoms with van der Waals surface area (Å²) in [5.74, 6) is -0.962. The van der Waals surface area contributed by atoms with E-state index in [0.29, 0.717) is 12.5 Å². The quantitative estimate of drug-likeness (QED) is 0.677. The SMILES string of the molecule is CC(C)C1(CNC(=O)N2CC(=O)NCC2C(=O)O)CC1. The van der Waals surface area contributed by atoms with Crippen molar-refractivity contribution in [1.82, 2.24) is 15.5 Å². The predicted octanol–water partition coefficient (Wildman–Crippen LogP) is 0.0172. The van der Waals surface area contributed by atoms with Gasteiger partial charge in [-0.15, -0.1) is 0 Å². The van der Waals surface area contributed by atoms with Crippen LogP contribution in [0.1, 0.15) is 26.7 Å². The molecular weight excluding hydrogens is 262 g/mol. The smallest absolute Gasteiger partial charge is 0.328 e. The van der Waals surface area contributed by atoms with Crippen molar-refractivity contribution in [2.45, 2.75) is 32.7 Å². The summed E-state index contributed by atoms with van der Waals surface area (Å²) < 4.78 is 0. The highest BCUT2D eigenvalue weighted by atomic mass is 16.4. The number of carboxylic acid groups (broad SMARTS) is 1. The van der Waals surface area contributed by atoms with Crippen LogP contribution < -0.4 is 10.6 Å². The second-order valence-electron chi connectivity index (χ2n) is 5.96. The van der Waals surface area contributed by atoms with E-state index in [1.807, 2.05) is 0 Å². The number of urea groups is 1. The molecule has 7 heteroatoms. The normalized spacial score (nSPS) is 24.2. The maximum absolute atomic E-state index is 12.1. The molecule has 3 amide bonds. The first-order valence-electron chi connectivity index (χ1n) is 6.90. The molecule has 0 aromatic heterocycles. The average Bonchev–Trinajstić information content (AvgIpc) is 3.16. The molecule has 0 spiro atoms. The van der Waals surface area contributed by atoms with Gasteiger partial charge in [-0.25, -0.2) is 9.59 Å². The average molecular weight is 283 g/mol. The van der Waals surface area contributed by atoms with E-state index in [0.717, 1.165) is 17.7 Å². The topological polar surface area (TPSA) is 98.7 Å². The Morgan fingerprint density at radius 3 is 2.65 bits per heavy atom. The lowest BCUT2D eigenvalue weighted by molar-refractivity contribution is -0.144. The van der Waals surface area contributed by atoms with Crippen LogP contribution in [0.3, 0.4) is 0 Å². The van der Waals surface area contributed by atoms with Gasteiger partial charge in [0.25, 0.3) is 0 Å². The number of carbonyl (C=O) groups excluding carboxylic acids is 2. The number of carbonyl (C=O) groups is 3. The van der Waals surface area contributed by atoms with E-state index in [1.165, 1.54) is 0 Å². The number of piperazine rings is 1. The Labute approximate surface area is 117 Å². The van der Waals surface area contributed by atoms with Crippen molar-refractivity contribution >= 4 is 17.9 Å². The third-order valence-electron chi connectivity index (χ3n) is 4.44. The zero-order chi connectivity index (χ0) is 14.9. The van der Waals surface area contributed by atoms with Gasteiger partial charge in [0.1, 0.15) is 12.6 Å². The maximum atomic E-state index is 12.1. The fraction of sp³-hybridized carbons (Fsp3) is 0.769. The van der Waals surface area contributed by atoms with Crippen LogP contribution in [0.25, 0.3) is 0 Å². The molecule has 0 radical (unpaired) electrons. The van der Waals surface area contributed by atoms with Gasteiger partial charge in [-0.3, -0.25) is 9.69 Å². The highest BCUT2D eigenvalue weighted by molar-refractivity contribution is 5.90. The molecule has 0 bridgehead atoms. The molecule has 0 aromatic rings. The monoisotopic (exact) mass is 283 g/mol. The summed E-state index contributed by atoms with van der Waals surface area (Å²) in [7, 11) is 0. The molecule has 2 aliphatic rings. The van der Waals surface area contributed by atoms with Gasteiger partial charge in [-0.1, -0.05) is 13.8 Å². The van der Waals surface area contributed by atoms with Gasteiger partial charge < -0.3 is 15.7 Å². The fourth-order valence-corrected chi connectivity index (χ4v) is 2.55. The van der Waals surface area contributed by atoms with Gasteiger partial charge in [-0.2, -0.15) is 0 Å². The molecule has 2 fully saturated rings. The summed E-state index contributed by atoms with van der Waals surface area (Å²) in [5.41, 5.74) is 0.145. The summed E-state index contributed by atoms with van der Waals surface area (Å²) in [5, 5.41) is 14.3. The Bertz CT molecular complexity index is 431. The van der Waals surface area contributed by atoms with Crippen LogP contribution in [0.5, 0.6) is 0 Å². The van der Waals surface area contributed by atoms with Crippen LogP contribution in [0.4, 0.5) is 4.79 Å². The van der Waals surface area contributed by atoms with E-state index in [4.69, 9.17) is 5.11 Å². The standard InChI is InChI=1S/C13H21N3O4/c1-8(2)13(3-4-13)7-15-12(20)16-6-10(17)14-5-9(16)11(18)19/h8-9H,3-7H2,1-2H3,(H,14,17)(H,15,20)(H,18,19). The first-order chi connectivity index (χ1) is 9.35. The molecule has 1 aliphatic heterocycles. The molecule has 7 nitrogen and oxygen atoms in total. The van der Waals surface area contributed by atoms with Gasteiger partial charge in [0.2, 0.25) is 5.91 Å². The van der Waals surface area contributed by atoms with Crippen molar-refractivity contribution in [2.24, 2.45) is 11.3 Å². The molecule has 1 saturated carbocycles. The zero-order valence-corrected chi connectivity index (χ0v) is 11.8. The number of rotatable bonds is 4. The Morgan fingerprint density at radius 1 is 1.50 bits per heavy atom. The van der Waals surface area contributed by atoms with E-state index < -0.39 is 18.0 Å². The van der Waals surface area contributed by atoms with Gasteiger partial charge in [0.15, 0.2) is 0 Å². The third kappa shape index (κ3) is 2.86. The third-order valence-corrected chi connectivity index (χ3v) is 4.44. The Balaban J connectivity index is 1.95. The minimum absolute atomic E-state index is 0.0447. The van der Waals surface area contributed by atoms with Gasteiger partial charge in [0.05, 0.1) is 0 Å².